The van der Waals surface area contributed by atoms with Crippen LogP contribution in [-0.2, 0) is 30.3 Å². The number of amides is 1. The minimum Gasteiger partial charge on any atom is -0.466 e. The zero-order valence-electron chi connectivity index (χ0n) is 16.2. The van der Waals surface area contributed by atoms with Gasteiger partial charge in [0.05, 0.1) is 23.8 Å². The lowest BCUT2D eigenvalue weighted by molar-refractivity contribution is -0.154. The van der Waals surface area contributed by atoms with Crippen molar-refractivity contribution in [3.63, 3.8) is 0 Å². The molecule has 1 fully saturated rings. The molecule has 0 aliphatic carbocycles. The maximum Gasteiger partial charge on any atom is 0.309 e. The molecule has 0 atom stereocenters. The van der Waals surface area contributed by atoms with Crippen molar-refractivity contribution >= 4 is 29.2 Å². The number of nitrogens with zero attached hydrogens (tertiary/aromatic N) is 3. The van der Waals surface area contributed by atoms with Gasteiger partial charge in [0, 0.05) is 19.5 Å². The standard InChI is InChI=1S/C19H23N3O6S/c1-2-26-19(25)13-7-9-22(10-8-13)16(23)12-27-17(24)6-5-15-20-18(21-28-15)14-4-3-11-29-14/h3-4,11,13H,2,5-10,12H2,1H3. The predicted molar refractivity (Wildman–Crippen MR) is 103 cm³/mol. The summed E-state index contributed by atoms with van der Waals surface area (Å²) >= 11 is 1.50. The number of carbonyl (C=O) groups excluding carboxylic acids is 3. The van der Waals surface area contributed by atoms with Crippen LogP contribution < -0.4 is 0 Å². The average Bonchev–Trinajstić information content (AvgIpc) is 3.42. The summed E-state index contributed by atoms with van der Waals surface area (Å²) in [6.07, 6.45) is 1.41. The zero-order chi connectivity index (χ0) is 20.6. The molecule has 10 heteroatoms. The Morgan fingerprint density at radius 1 is 1.28 bits per heavy atom. The fourth-order valence-electron chi connectivity index (χ4n) is 3.00. The molecule has 29 heavy (non-hydrogen) atoms. The summed E-state index contributed by atoms with van der Waals surface area (Å²) in [5.74, 6) is -0.319. The van der Waals surface area contributed by atoms with Gasteiger partial charge in [0.2, 0.25) is 11.7 Å². The minimum atomic E-state index is -0.504. The van der Waals surface area contributed by atoms with Gasteiger partial charge in [-0.25, -0.2) is 0 Å². The molecule has 9 nitrogen and oxygen atoms in total. The van der Waals surface area contributed by atoms with Crippen molar-refractivity contribution in [1.29, 1.82) is 0 Å². The lowest BCUT2D eigenvalue weighted by atomic mass is 9.97. The predicted octanol–water partition coefficient (Wildman–Crippen LogP) is 2.08. The Morgan fingerprint density at radius 3 is 2.76 bits per heavy atom. The van der Waals surface area contributed by atoms with Gasteiger partial charge < -0.3 is 18.9 Å². The topological polar surface area (TPSA) is 112 Å². The van der Waals surface area contributed by atoms with Crippen molar-refractivity contribution in [3.8, 4) is 10.7 Å². The van der Waals surface area contributed by atoms with E-state index >= 15 is 0 Å². The van der Waals surface area contributed by atoms with E-state index in [1.165, 1.54) is 11.3 Å². The van der Waals surface area contributed by atoms with E-state index in [0.29, 0.717) is 44.3 Å². The fraction of sp³-hybridized carbons (Fsp3) is 0.526. The van der Waals surface area contributed by atoms with Gasteiger partial charge in [-0.15, -0.1) is 11.3 Å². The lowest BCUT2D eigenvalue weighted by Crippen LogP contribution is -2.42. The third-order valence-electron chi connectivity index (χ3n) is 4.58. The first-order chi connectivity index (χ1) is 14.1. The van der Waals surface area contributed by atoms with E-state index in [0.717, 1.165) is 4.88 Å². The molecule has 2 aromatic heterocycles. The van der Waals surface area contributed by atoms with Gasteiger partial charge in [0.25, 0.3) is 5.91 Å². The maximum atomic E-state index is 12.2. The van der Waals surface area contributed by atoms with Gasteiger partial charge >= 0.3 is 11.9 Å². The molecule has 3 rings (SSSR count). The van der Waals surface area contributed by atoms with Crippen LogP contribution in [-0.4, -0.2) is 59.2 Å². The van der Waals surface area contributed by atoms with Crippen LogP contribution in [0.2, 0.25) is 0 Å². The van der Waals surface area contributed by atoms with Crippen LogP contribution in [0.25, 0.3) is 10.7 Å². The molecule has 0 bridgehead atoms. The quantitative estimate of drug-likeness (QED) is 0.596. The van der Waals surface area contributed by atoms with E-state index in [2.05, 4.69) is 10.1 Å². The van der Waals surface area contributed by atoms with E-state index in [1.807, 2.05) is 17.5 Å². The molecule has 0 radical (unpaired) electrons. The van der Waals surface area contributed by atoms with Crippen molar-refractivity contribution in [2.45, 2.75) is 32.6 Å². The third kappa shape index (κ3) is 5.86. The normalized spacial score (nSPS) is 14.6. The van der Waals surface area contributed by atoms with E-state index in [4.69, 9.17) is 14.0 Å². The van der Waals surface area contributed by atoms with Crippen LogP contribution in [0.1, 0.15) is 32.1 Å². The lowest BCUT2D eigenvalue weighted by Gasteiger charge is -2.30. The second-order valence-electron chi connectivity index (χ2n) is 6.56. The van der Waals surface area contributed by atoms with Crippen LogP contribution in [0.3, 0.4) is 0 Å². The smallest absolute Gasteiger partial charge is 0.309 e. The van der Waals surface area contributed by atoms with Crippen LogP contribution in [0.4, 0.5) is 0 Å². The van der Waals surface area contributed by atoms with E-state index in [9.17, 15) is 14.4 Å². The van der Waals surface area contributed by atoms with Crippen LogP contribution in [0.15, 0.2) is 22.0 Å². The summed E-state index contributed by atoms with van der Waals surface area (Å²) in [5, 5.41) is 5.80. The minimum absolute atomic E-state index is 0.0459. The molecule has 0 spiro atoms. The molecule has 1 aliphatic heterocycles. The number of aromatic nitrogens is 2. The molecule has 0 saturated carbocycles. The summed E-state index contributed by atoms with van der Waals surface area (Å²) in [4.78, 5) is 42.6. The summed E-state index contributed by atoms with van der Waals surface area (Å²) in [6.45, 7) is 2.72. The highest BCUT2D eigenvalue weighted by atomic mass is 32.1. The van der Waals surface area contributed by atoms with Crippen molar-refractivity contribution in [2.24, 2.45) is 5.92 Å². The van der Waals surface area contributed by atoms with Gasteiger partial charge in [0.15, 0.2) is 6.61 Å². The Bertz CT molecular complexity index is 827. The van der Waals surface area contributed by atoms with E-state index < -0.39 is 5.97 Å². The Hall–Kier alpha value is -2.75. The van der Waals surface area contributed by atoms with E-state index in [1.54, 1.807) is 11.8 Å². The number of likely N-dealkylation sites (tertiary alicyclic amines) is 1. The number of piperidine rings is 1. The van der Waals surface area contributed by atoms with Gasteiger partial charge in [-0.2, -0.15) is 4.98 Å². The molecule has 0 aromatic carbocycles. The average molecular weight is 421 g/mol. The number of ether oxygens (including phenoxy) is 2. The van der Waals surface area contributed by atoms with Gasteiger partial charge in [-0.3, -0.25) is 14.4 Å². The summed E-state index contributed by atoms with van der Waals surface area (Å²) < 4.78 is 15.2. The van der Waals surface area contributed by atoms with Gasteiger partial charge in [-0.1, -0.05) is 11.2 Å². The number of carbonyl (C=O) groups is 3. The first-order valence-corrected chi connectivity index (χ1v) is 10.4. The molecule has 2 aromatic rings. The number of aryl methyl sites for hydroxylation is 1. The van der Waals surface area contributed by atoms with Crippen molar-refractivity contribution < 1.29 is 28.4 Å². The molecule has 1 amide bonds. The van der Waals surface area contributed by atoms with Crippen molar-refractivity contribution in [1.82, 2.24) is 15.0 Å². The number of hydrogen-bond donors (Lipinski definition) is 0. The van der Waals surface area contributed by atoms with Crippen molar-refractivity contribution in [2.75, 3.05) is 26.3 Å². The molecule has 3 heterocycles. The molecule has 0 N–H and O–H groups in total. The Morgan fingerprint density at radius 2 is 2.07 bits per heavy atom. The van der Waals surface area contributed by atoms with Gasteiger partial charge in [0.1, 0.15) is 0 Å². The SMILES string of the molecule is CCOC(=O)C1CCN(C(=O)COC(=O)CCc2nc(-c3cccs3)no2)CC1. The highest BCUT2D eigenvalue weighted by molar-refractivity contribution is 7.13. The highest BCUT2D eigenvalue weighted by Crippen LogP contribution is 2.21. The van der Waals surface area contributed by atoms with Gasteiger partial charge in [-0.05, 0) is 31.2 Å². The molecular weight excluding hydrogens is 398 g/mol. The molecule has 156 valence electrons. The number of thiophene rings is 1. The maximum absolute atomic E-state index is 12.2. The Balaban J connectivity index is 1.35. The van der Waals surface area contributed by atoms with Crippen LogP contribution >= 0.6 is 11.3 Å². The highest BCUT2D eigenvalue weighted by Gasteiger charge is 2.28. The molecular formula is C19H23N3O6S. The zero-order valence-corrected chi connectivity index (χ0v) is 17.0. The second kappa shape index (κ2) is 10.1. The first-order valence-electron chi connectivity index (χ1n) is 9.53. The Kier molecular flexibility index (Phi) is 7.34. The summed E-state index contributed by atoms with van der Waals surface area (Å²) in [7, 11) is 0. The first kappa shape index (κ1) is 21.0. The largest absolute Gasteiger partial charge is 0.466 e. The summed E-state index contributed by atoms with van der Waals surface area (Å²) in [6, 6.07) is 3.78. The van der Waals surface area contributed by atoms with E-state index in [-0.39, 0.29) is 37.2 Å². The molecule has 0 unspecified atom stereocenters. The molecule has 1 aliphatic rings. The number of esters is 2. The summed E-state index contributed by atoms with van der Waals surface area (Å²) in [5.41, 5.74) is 0. The molecule has 1 saturated heterocycles. The number of hydrogen-bond acceptors (Lipinski definition) is 9. The fourth-order valence-corrected chi connectivity index (χ4v) is 3.65. The Labute approximate surface area is 172 Å². The van der Waals surface area contributed by atoms with Crippen LogP contribution in [0.5, 0.6) is 0 Å². The number of rotatable bonds is 8. The van der Waals surface area contributed by atoms with Crippen LogP contribution in [0, 0.1) is 5.92 Å². The van der Waals surface area contributed by atoms with Crippen molar-refractivity contribution in [3.05, 3.63) is 23.4 Å². The monoisotopic (exact) mass is 421 g/mol. The third-order valence-corrected chi connectivity index (χ3v) is 5.44. The second-order valence-corrected chi connectivity index (χ2v) is 7.50.